The zero-order chi connectivity index (χ0) is 17.4. The van der Waals surface area contributed by atoms with Gasteiger partial charge in [-0.15, -0.1) is 5.10 Å². The number of halogens is 1. The first kappa shape index (κ1) is 15.3. The molecule has 8 heteroatoms. The van der Waals surface area contributed by atoms with Crippen molar-refractivity contribution >= 4 is 11.3 Å². The highest BCUT2D eigenvalue weighted by molar-refractivity contribution is 5.65. The predicted octanol–water partition coefficient (Wildman–Crippen LogP) is 2.57. The smallest absolute Gasteiger partial charge is 0.151 e. The molecule has 3 heterocycles. The number of anilines is 1. The normalized spacial score (nSPS) is 12.6. The van der Waals surface area contributed by atoms with E-state index >= 15 is 0 Å². The zero-order valence-electron chi connectivity index (χ0n) is 13.5. The molecule has 126 valence electrons. The summed E-state index contributed by atoms with van der Waals surface area (Å²) < 4.78 is 17.2. The largest absolute Gasteiger partial charge is 0.382 e. The molecule has 4 aromatic rings. The van der Waals surface area contributed by atoms with Gasteiger partial charge in [-0.05, 0) is 30.7 Å². The van der Waals surface area contributed by atoms with Crippen LogP contribution in [0.2, 0.25) is 0 Å². The zero-order valence-corrected chi connectivity index (χ0v) is 13.5. The van der Waals surface area contributed by atoms with E-state index in [1.807, 2.05) is 12.1 Å². The Hall–Kier alpha value is -3.29. The van der Waals surface area contributed by atoms with E-state index in [4.69, 9.17) is 5.73 Å². The van der Waals surface area contributed by atoms with Crippen molar-refractivity contribution in [3.05, 3.63) is 66.1 Å². The number of hydrogen-bond acceptors (Lipinski definition) is 5. The Morgan fingerprint density at radius 3 is 2.84 bits per heavy atom. The molecular formula is C17H16FN7. The van der Waals surface area contributed by atoms with E-state index in [-0.39, 0.29) is 11.7 Å². The van der Waals surface area contributed by atoms with Crippen molar-refractivity contribution in [1.29, 1.82) is 0 Å². The van der Waals surface area contributed by atoms with Gasteiger partial charge in [-0.25, -0.2) is 18.6 Å². The summed E-state index contributed by atoms with van der Waals surface area (Å²) in [6.45, 7) is 2.05. The van der Waals surface area contributed by atoms with Crippen molar-refractivity contribution in [3.63, 3.8) is 0 Å². The SMILES string of the molecule is CCC(c1cn(-c2ccccc2F)nn1)c1ccc2c(N)ncnn12. The highest BCUT2D eigenvalue weighted by atomic mass is 19.1. The first-order valence-corrected chi connectivity index (χ1v) is 7.94. The summed E-state index contributed by atoms with van der Waals surface area (Å²) in [6.07, 6.45) is 3.96. The molecule has 0 saturated carbocycles. The number of benzene rings is 1. The van der Waals surface area contributed by atoms with Crippen molar-refractivity contribution in [3.8, 4) is 5.69 Å². The minimum Gasteiger partial charge on any atom is -0.382 e. The van der Waals surface area contributed by atoms with Crippen LogP contribution in [0, 0.1) is 5.82 Å². The highest BCUT2D eigenvalue weighted by Crippen LogP contribution is 2.28. The van der Waals surface area contributed by atoms with Crippen LogP contribution < -0.4 is 5.73 Å². The minimum atomic E-state index is -0.347. The molecule has 3 aromatic heterocycles. The lowest BCUT2D eigenvalue weighted by atomic mass is 9.99. The molecule has 1 unspecified atom stereocenters. The molecule has 0 amide bonds. The van der Waals surface area contributed by atoms with Gasteiger partial charge in [-0.2, -0.15) is 5.10 Å². The van der Waals surface area contributed by atoms with E-state index in [1.54, 1.807) is 28.9 Å². The molecule has 0 fully saturated rings. The Morgan fingerprint density at radius 1 is 1.20 bits per heavy atom. The van der Waals surface area contributed by atoms with Crippen LogP contribution in [0.3, 0.4) is 0 Å². The molecule has 0 aliphatic heterocycles. The van der Waals surface area contributed by atoms with Gasteiger partial charge in [0, 0.05) is 5.92 Å². The van der Waals surface area contributed by atoms with Crippen molar-refractivity contribution < 1.29 is 4.39 Å². The molecule has 0 saturated heterocycles. The van der Waals surface area contributed by atoms with E-state index in [1.165, 1.54) is 17.1 Å². The van der Waals surface area contributed by atoms with Crippen LogP contribution in [0.25, 0.3) is 11.2 Å². The lowest BCUT2D eigenvalue weighted by Gasteiger charge is -2.11. The van der Waals surface area contributed by atoms with Gasteiger partial charge in [0.05, 0.1) is 17.6 Å². The third kappa shape index (κ3) is 2.51. The second-order valence-corrected chi connectivity index (χ2v) is 5.70. The summed E-state index contributed by atoms with van der Waals surface area (Å²) in [6, 6.07) is 10.3. The minimum absolute atomic E-state index is 0.0441. The van der Waals surface area contributed by atoms with Crippen LogP contribution in [0.15, 0.2) is 48.9 Å². The fourth-order valence-electron chi connectivity index (χ4n) is 3.00. The Balaban J connectivity index is 1.77. The molecule has 4 rings (SSSR count). The Bertz CT molecular complexity index is 1040. The molecule has 7 nitrogen and oxygen atoms in total. The van der Waals surface area contributed by atoms with E-state index in [9.17, 15) is 4.39 Å². The van der Waals surface area contributed by atoms with Gasteiger partial charge in [-0.1, -0.05) is 24.3 Å². The van der Waals surface area contributed by atoms with Gasteiger partial charge in [0.1, 0.15) is 23.3 Å². The summed E-state index contributed by atoms with van der Waals surface area (Å²) in [5.41, 5.74) is 8.69. The van der Waals surface area contributed by atoms with E-state index in [2.05, 4.69) is 27.3 Å². The molecule has 0 aliphatic carbocycles. The number of nitrogen functional groups attached to an aromatic ring is 1. The number of aromatic nitrogens is 6. The predicted molar refractivity (Wildman–Crippen MR) is 90.9 cm³/mol. The van der Waals surface area contributed by atoms with Crippen LogP contribution in [0.4, 0.5) is 10.2 Å². The lowest BCUT2D eigenvalue weighted by molar-refractivity contribution is 0.607. The lowest BCUT2D eigenvalue weighted by Crippen LogP contribution is -2.07. The second kappa shape index (κ2) is 5.97. The van der Waals surface area contributed by atoms with Crippen LogP contribution in [-0.4, -0.2) is 29.6 Å². The first-order chi connectivity index (χ1) is 12.2. The van der Waals surface area contributed by atoms with Crippen molar-refractivity contribution in [1.82, 2.24) is 29.6 Å². The maximum absolute atomic E-state index is 14.0. The maximum Gasteiger partial charge on any atom is 0.151 e. The van der Waals surface area contributed by atoms with Crippen LogP contribution in [0.1, 0.15) is 30.7 Å². The number of fused-ring (bicyclic) bond motifs is 1. The number of rotatable bonds is 4. The van der Waals surface area contributed by atoms with Gasteiger partial charge >= 0.3 is 0 Å². The molecule has 0 aliphatic rings. The Kier molecular flexibility index (Phi) is 3.64. The van der Waals surface area contributed by atoms with Crippen LogP contribution >= 0.6 is 0 Å². The summed E-state index contributed by atoms with van der Waals surface area (Å²) in [5.74, 6) is 0.0316. The topological polar surface area (TPSA) is 86.9 Å². The Morgan fingerprint density at radius 2 is 2.04 bits per heavy atom. The Labute approximate surface area is 142 Å². The standard InChI is InChI=1S/C17H16FN7/c1-2-11(14-7-8-16-17(19)20-10-21-25(14)16)13-9-24(23-22-13)15-6-4-3-5-12(15)18/h3-11H,2H2,1H3,(H2,19,20,21). The molecule has 25 heavy (non-hydrogen) atoms. The number of para-hydroxylation sites is 1. The summed E-state index contributed by atoms with van der Waals surface area (Å²) in [7, 11) is 0. The molecule has 0 bridgehead atoms. The van der Waals surface area contributed by atoms with Gasteiger partial charge in [-0.3, -0.25) is 0 Å². The quantitative estimate of drug-likeness (QED) is 0.618. The average Bonchev–Trinajstić information content (AvgIpc) is 3.25. The molecule has 0 spiro atoms. The molecule has 1 atom stereocenters. The fourth-order valence-corrected chi connectivity index (χ4v) is 3.00. The summed E-state index contributed by atoms with van der Waals surface area (Å²) in [5, 5.41) is 12.6. The molecule has 2 N–H and O–H groups in total. The van der Waals surface area contributed by atoms with Crippen molar-refractivity contribution in [2.24, 2.45) is 0 Å². The van der Waals surface area contributed by atoms with Crippen molar-refractivity contribution in [2.45, 2.75) is 19.3 Å². The monoisotopic (exact) mass is 337 g/mol. The van der Waals surface area contributed by atoms with Gasteiger partial charge in [0.15, 0.2) is 5.82 Å². The maximum atomic E-state index is 14.0. The van der Waals surface area contributed by atoms with Crippen LogP contribution in [0.5, 0.6) is 0 Å². The van der Waals surface area contributed by atoms with E-state index < -0.39 is 0 Å². The number of nitrogens with two attached hydrogens (primary N) is 1. The third-order valence-corrected chi connectivity index (χ3v) is 4.24. The fraction of sp³-hybridized carbons (Fsp3) is 0.176. The van der Waals surface area contributed by atoms with Gasteiger partial charge in [0.2, 0.25) is 0 Å². The number of nitrogens with zero attached hydrogens (tertiary/aromatic N) is 6. The molecule has 1 aromatic carbocycles. The van der Waals surface area contributed by atoms with E-state index in [0.29, 0.717) is 11.5 Å². The van der Waals surface area contributed by atoms with Gasteiger partial charge < -0.3 is 5.73 Å². The van der Waals surface area contributed by atoms with E-state index in [0.717, 1.165) is 23.3 Å². The average molecular weight is 337 g/mol. The van der Waals surface area contributed by atoms with Crippen molar-refractivity contribution in [2.75, 3.05) is 5.73 Å². The summed E-state index contributed by atoms with van der Waals surface area (Å²) >= 11 is 0. The van der Waals surface area contributed by atoms with Crippen LogP contribution in [-0.2, 0) is 0 Å². The molecular weight excluding hydrogens is 321 g/mol. The second-order valence-electron chi connectivity index (χ2n) is 5.70. The first-order valence-electron chi connectivity index (χ1n) is 7.94. The summed E-state index contributed by atoms with van der Waals surface area (Å²) in [4.78, 5) is 4.00. The highest BCUT2D eigenvalue weighted by Gasteiger charge is 2.21. The van der Waals surface area contributed by atoms with Gasteiger partial charge in [0.25, 0.3) is 0 Å². The molecule has 0 radical (unpaired) electrons. The third-order valence-electron chi connectivity index (χ3n) is 4.24. The number of hydrogen-bond donors (Lipinski definition) is 1.